The topological polar surface area (TPSA) is 83.6 Å². The van der Waals surface area contributed by atoms with Gasteiger partial charge in [-0.2, -0.15) is 0 Å². The van der Waals surface area contributed by atoms with Crippen LogP contribution in [0.15, 0.2) is 18.2 Å². The summed E-state index contributed by atoms with van der Waals surface area (Å²) in [5.41, 5.74) is -0.187. The molecule has 0 saturated carbocycles. The summed E-state index contributed by atoms with van der Waals surface area (Å²) in [6.07, 6.45) is 0. The van der Waals surface area contributed by atoms with Crippen LogP contribution in [0.2, 0.25) is 0 Å². The van der Waals surface area contributed by atoms with Crippen LogP contribution in [-0.2, 0) is 5.41 Å². The molecule has 2 N–H and O–H groups in total. The zero-order valence-electron chi connectivity index (χ0n) is 8.60. The summed E-state index contributed by atoms with van der Waals surface area (Å²) in [6, 6.07) is 4.09. The normalized spacial score (nSPS) is 11.4. The van der Waals surface area contributed by atoms with Gasteiger partial charge in [-0.25, -0.2) is 0 Å². The summed E-state index contributed by atoms with van der Waals surface area (Å²) in [5.74, 6) is -0.376. The number of aromatic hydroxyl groups is 1. The largest absolute Gasteiger partial charge is 0.502 e. The highest BCUT2D eigenvalue weighted by atomic mass is 16.6. The fourth-order valence-electron chi connectivity index (χ4n) is 1.19. The number of nitro benzene ring substituents is 1. The van der Waals surface area contributed by atoms with E-state index in [0.717, 1.165) is 0 Å². The summed E-state index contributed by atoms with van der Waals surface area (Å²) < 4.78 is 0. The van der Waals surface area contributed by atoms with Gasteiger partial charge in [-0.15, -0.1) is 0 Å². The Bertz CT molecular complexity index is 387. The Morgan fingerprint density at radius 3 is 2.47 bits per heavy atom. The molecular formula is C10H13NO4. The lowest BCUT2D eigenvalue weighted by molar-refractivity contribution is -0.385. The molecule has 0 aliphatic heterocycles. The Kier molecular flexibility index (Phi) is 2.95. The van der Waals surface area contributed by atoms with Crippen molar-refractivity contribution in [2.45, 2.75) is 19.3 Å². The van der Waals surface area contributed by atoms with Crippen molar-refractivity contribution >= 4 is 5.69 Å². The first-order valence-corrected chi connectivity index (χ1v) is 4.47. The lowest BCUT2D eigenvalue weighted by Crippen LogP contribution is -2.21. The number of nitro groups is 1. The molecule has 5 heteroatoms. The highest BCUT2D eigenvalue weighted by Gasteiger charge is 2.22. The van der Waals surface area contributed by atoms with Crippen LogP contribution in [0.5, 0.6) is 5.75 Å². The fourth-order valence-corrected chi connectivity index (χ4v) is 1.19. The van der Waals surface area contributed by atoms with Crippen LogP contribution in [0.1, 0.15) is 19.4 Å². The Balaban J connectivity index is 3.18. The number of aliphatic hydroxyl groups excluding tert-OH is 1. The third-order valence-corrected chi connectivity index (χ3v) is 2.35. The van der Waals surface area contributed by atoms with Gasteiger partial charge in [-0.1, -0.05) is 19.9 Å². The van der Waals surface area contributed by atoms with Gasteiger partial charge in [0, 0.05) is 11.5 Å². The molecule has 0 bridgehead atoms. The van der Waals surface area contributed by atoms with Crippen molar-refractivity contribution in [3.63, 3.8) is 0 Å². The molecule has 0 amide bonds. The minimum atomic E-state index is -0.648. The molecule has 0 aromatic heterocycles. The van der Waals surface area contributed by atoms with Crippen molar-refractivity contribution in [2.75, 3.05) is 6.61 Å². The summed E-state index contributed by atoms with van der Waals surface area (Å²) in [4.78, 5) is 9.80. The lowest BCUT2D eigenvalue weighted by Gasteiger charge is -2.22. The van der Waals surface area contributed by atoms with Crippen molar-refractivity contribution in [3.8, 4) is 5.75 Å². The first kappa shape index (κ1) is 11.5. The number of nitrogens with zero attached hydrogens (tertiary/aromatic N) is 1. The zero-order chi connectivity index (χ0) is 11.6. The van der Waals surface area contributed by atoms with Crippen LogP contribution in [0.25, 0.3) is 0 Å². The summed E-state index contributed by atoms with van der Waals surface area (Å²) in [6.45, 7) is 3.48. The summed E-state index contributed by atoms with van der Waals surface area (Å²) >= 11 is 0. The van der Waals surface area contributed by atoms with Crippen LogP contribution in [0.4, 0.5) is 5.69 Å². The molecular weight excluding hydrogens is 198 g/mol. The van der Waals surface area contributed by atoms with Crippen LogP contribution >= 0.6 is 0 Å². The molecule has 0 radical (unpaired) electrons. The molecule has 1 rings (SSSR count). The number of phenolic OH excluding ortho intramolecular Hbond substituents is 1. The van der Waals surface area contributed by atoms with Gasteiger partial charge in [-0.05, 0) is 11.6 Å². The van der Waals surface area contributed by atoms with Gasteiger partial charge in [-0.3, -0.25) is 10.1 Å². The second-order valence-corrected chi connectivity index (χ2v) is 4.00. The Morgan fingerprint density at radius 2 is 2.07 bits per heavy atom. The predicted molar refractivity (Wildman–Crippen MR) is 54.9 cm³/mol. The maximum absolute atomic E-state index is 10.4. The lowest BCUT2D eigenvalue weighted by atomic mass is 9.85. The van der Waals surface area contributed by atoms with Crippen LogP contribution < -0.4 is 0 Å². The van der Waals surface area contributed by atoms with Crippen LogP contribution in [0, 0.1) is 10.1 Å². The molecule has 5 nitrogen and oxygen atoms in total. The number of hydrogen-bond donors (Lipinski definition) is 2. The van der Waals surface area contributed by atoms with E-state index in [1.807, 2.05) is 0 Å². The van der Waals surface area contributed by atoms with Crippen molar-refractivity contribution in [1.82, 2.24) is 0 Å². The van der Waals surface area contributed by atoms with E-state index in [0.29, 0.717) is 5.56 Å². The molecule has 0 aliphatic rings. The Morgan fingerprint density at radius 1 is 1.47 bits per heavy atom. The first-order chi connectivity index (χ1) is 6.88. The standard InChI is InChI=1S/C10H13NO4/c1-10(2,6-12)7-3-4-8(11(14)15)9(13)5-7/h3-5,12-13H,6H2,1-2H3. The van der Waals surface area contributed by atoms with Gasteiger partial charge >= 0.3 is 5.69 Å². The second kappa shape index (κ2) is 3.86. The van der Waals surface area contributed by atoms with Gasteiger partial charge in [0.25, 0.3) is 0 Å². The van der Waals surface area contributed by atoms with E-state index in [9.17, 15) is 15.2 Å². The molecule has 0 unspecified atom stereocenters. The van der Waals surface area contributed by atoms with Crippen molar-refractivity contribution in [1.29, 1.82) is 0 Å². The van der Waals surface area contributed by atoms with E-state index in [1.165, 1.54) is 18.2 Å². The van der Waals surface area contributed by atoms with Crippen LogP contribution in [0.3, 0.4) is 0 Å². The van der Waals surface area contributed by atoms with E-state index in [-0.39, 0.29) is 18.0 Å². The maximum atomic E-state index is 10.4. The number of benzene rings is 1. The molecule has 0 saturated heterocycles. The number of phenols is 1. The van der Waals surface area contributed by atoms with E-state index < -0.39 is 10.3 Å². The van der Waals surface area contributed by atoms with Crippen LogP contribution in [-0.4, -0.2) is 21.7 Å². The highest BCUT2D eigenvalue weighted by Crippen LogP contribution is 2.31. The molecule has 0 fully saturated rings. The number of aliphatic hydroxyl groups is 1. The van der Waals surface area contributed by atoms with E-state index in [4.69, 9.17) is 5.11 Å². The Hall–Kier alpha value is -1.62. The third-order valence-electron chi connectivity index (χ3n) is 2.35. The molecule has 1 aromatic rings. The molecule has 1 aromatic carbocycles. The minimum absolute atomic E-state index is 0.0930. The van der Waals surface area contributed by atoms with Gasteiger partial charge < -0.3 is 10.2 Å². The quantitative estimate of drug-likeness (QED) is 0.587. The van der Waals surface area contributed by atoms with E-state index >= 15 is 0 Å². The van der Waals surface area contributed by atoms with E-state index in [2.05, 4.69) is 0 Å². The summed E-state index contributed by atoms with van der Waals surface area (Å²) in [5, 5.41) is 28.9. The SMILES string of the molecule is CC(C)(CO)c1ccc([N+](=O)[O-])c(O)c1. The smallest absolute Gasteiger partial charge is 0.310 e. The second-order valence-electron chi connectivity index (χ2n) is 4.00. The molecule has 82 valence electrons. The van der Waals surface area contributed by atoms with Gasteiger partial charge in [0.2, 0.25) is 0 Å². The molecule has 0 spiro atoms. The van der Waals surface area contributed by atoms with Gasteiger partial charge in [0.1, 0.15) is 0 Å². The monoisotopic (exact) mass is 211 g/mol. The maximum Gasteiger partial charge on any atom is 0.310 e. The average Bonchev–Trinajstić information content (AvgIpc) is 2.17. The van der Waals surface area contributed by atoms with Gasteiger partial charge in [0.15, 0.2) is 5.75 Å². The van der Waals surface area contributed by atoms with Crippen molar-refractivity contribution in [3.05, 3.63) is 33.9 Å². The highest BCUT2D eigenvalue weighted by molar-refractivity contribution is 5.48. The van der Waals surface area contributed by atoms with Crippen molar-refractivity contribution < 1.29 is 15.1 Å². The molecule has 15 heavy (non-hydrogen) atoms. The molecule has 0 heterocycles. The minimum Gasteiger partial charge on any atom is -0.502 e. The fraction of sp³-hybridized carbons (Fsp3) is 0.400. The number of rotatable bonds is 3. The zero-order valence-corrected chi connectivity index (χ0v) is 8.60. The first-order valence-electron chi connectivity index (χ1n) is 4.47. The van der Waals surface area contributed by atoms with Crippen molar-refractivity contribution in [2.24, 2.45) is 0 Å². The molecule has 0 atom stereocenters. The predicted octanol–water partition coefficient (Wildman–Crippen LogP) is 1.57. The third kappa shape index (κ3) is 2.24. The average molecular weight is 211 g/mol. The Labute approximate surface area is 87.1 Å². The summed E-state index contributed by atoms with van der Waals surface area (Å²) in [7, 11) is 0. The van der Waals surface area contributed by atoms with Gasteiger partial charge in [0.05, 0.1) is 11.5 Å². The molecule has 0 aliphatic carbocycles. The van der Waals surface area contributed by atoms with E-state index in [1.54, 1.807) is 13.8 Å². The number of hydrogen-bond acceptors (Lipinski definition) is 4.